The van der Waals surface area contributed by atoms with E-state index in [-0.39, 0.29) is 25.2 Å². The number of aliphatic hydroxyl groups is 1. The first kappa shape index (κ1) is 25.3. The Labute approximate surface area is 211 Å². The van der Waals surface area contributed by atoms with Crippen molar-refractivity contribution in [1.29, 1.82) is 0 Å². The highest BCUT2D eigenvalue weighted by Gasteiger charge is 2.23. The maximum atomic E-state index is 12.2. The third-order valence-electron chi connectivity index (χ3n) is 6.09. The summed E-state index contributed by atoms with van der Waals surface area (Å²) >= 11 is 0. The van der Waals surface area contributed by atoms with Crippen LogP contribution in [0.5, 0.6) is 5.88 Å². The van der Waals surface area contributed by atoms with Gasteiger partial charge in [0.1, 0.15) is 18.2 Å². The minimum atomic E-state index is -0.188. The summed E-state index contributed by atoms with van der Waals surface area (Å²) < 4.78 is 6.25. The van der Waals surface area contributed by atoms with Crippen molar-refractivity contribution in [1.82, 2.24) is 20.6 Å². The zero-order valence-corrected chi connectivity index (χ0v) is 20.6. The van der Waals surface area contributed by atoms with Crippen molar-refractivity contribution in [2.45, 2.75) is 38.7 Å². The summed E-state index contributed by atoms with van der Waals surface area (Å²) in [5, 5.41) is 14.7. The van der Waals surface area contributed by atoms with E-state index in [4.69, 9.17) is 9.84 Å². The molecule has 0 saturated carbocycles. The molecule has 3 heterocycles. The molecule has 10 nitrogen and oxygen atoms in total. The van der Waals surface area contributed by atoms with Crippen molar-refractivity contribution in [3.05, 3.63) is 53.5 Å². The first-order valence-corrected chi connectivity index (χ1v) is 12.4. The number of benzene rings is 1. The summed E-state index contributed by atoms with van der Waals surface area (Å²) in [6.07, 6.45) is 10.2. The number of hydrogen-bond acceptors (Lipinski definition) is 9. The molecule has 190 valence electrons. The number of aliphatic imine (C=N–C) groups is 2. The fraction of sp³-hybridized carbons (Fsp3) is 0.423. The number of amides is 1. The fourth-order valence-corrected chi connectivity index (χ4v) is 4.14. The summed E-state index contributed by atoms with van der Waals surface area (Å²) in [5.74, 6) is 1.08. The van der Waals surface area contributed by atoms with Gasteiger partial charge in [0.05, 0.1) is 12.9 Å². The number of ether oxygens (including phenoxy) is 1. The molecule has 1 unspecified atom stereocenters. The Morgan fingerprint density at radius 3 is 2.92 bits per heavy atom. The Morgan fingerprint density at radius 1 is 1.22 bits per heavy atom. The van der Waals surface area contributed by atoms with E-state index in [9.17, 15) is 4.79 Å². The predicted octanol–water partition coefficient (Wildman–Crippen LogP) is 2.42. The van der Waals surface area contributed by atoms with Crippen LogP contribution >= 0.6 is 0 Å². The van der Waals surface area contributed by atoms with Crippen molar-refractivity contribution < 1.29 is 14.6 Å². The SMILES string of the molecule is CC/C1=C/NC=NCCC(Oc2cc(N3CCc4cc(C(=O)NCCO)ccc43)ncn2)CCN=C1. The van der Waals surface area contributed by atoms with E-state index in [1.165, 1.54) is 6.33 Å². The molecule has 3 N–H and O–H groups in total. The molecule has 0 aliphatic carbocycles. The Kier molecular flexibility index (Phi) is 8.98. The van der Waals surface area contributed by atoms with E-state index in [2.05, 4.69) is 42.4 Å². The second kappa shape index (κ2) is 12.8. The van der Waals surface area contributed by atoms with Crippen LogP contribution < -0.4 is 20.3 Å². The fourth-order valence-electron chi connectivity index (χ4n) is 4.14. The van der Waals surface area contributed by atoms with Crippen LogP contribution in [0.15, 0.2) is 52.4 Å². The smallest absolute Gasteiger partial charge is 0.251 e. The number of fused-ring (bicyclic) bond motifs is 1. The van der Waals surface area contributed by atoms with Crippen LogP contribution in [0.25, 0.3) is 0 Å². The summed E-state index contributed by atoms with van der Waals surface area (Å²) in [4.78, 5) is 32.2. The lowest BCUT2D eigenvalue weighted by Crippen LogP contribution is -2.26. The standard InChI is InChI=1S/C26H33N7O3/c1-2-19-15-27-8-5-22(6-9-28-17-29-16-19)36-25-14-24(31-18-32-25)33-11-7-20-13-21(3-4-23(20)33)26(35)30-10-12-34/h3-4,13-18,22,34H,2,5-12H2,1H3,(H,28,29)(H,30,35)/b19-16-,27-15?. The van der Waals surface area contributed by atoms with Crippen LogP contribution in [0, 0.1) is 0 Å². The third kappa shape index (κ3) is 6.66. The number of nitrogens with zero attached hydrogens (tertiary/aromatic N) is 5. The number of anilines is 2. The quantitative estimate of drug-likeness (QED) is 0.543. The highest BCUT2D eigenvalue weighted by atomic mass is 16.5. The lowest BCUT2D eigenvalue weighted by molar-refractivity contribution is 0.0944. The second-order valence-electron chi connectivity index (χ2n) is 8.57. The molecule has 1 aromatic heterocycles. The number of nitrogens with one attached hydrogen (secondary N) is 2. The molecular formula is C26H33N7O3. The topological polar surface area (TPSA) is 124 Å². The number of hydrogen-bond donors (Lipinski definition) is 3. The Bertz CT molecular complexity index is 1130. The molecule has 0 spiro atoms. The van der Waals surface area contributed by atoms with Crippen molar-refractivity contribution in [3.8, 4) is 5.88 Å². The molecule has 10 heteroatoms. The van der Waals surface area contributed by atoms with Gasteiger partial charge in [-0.1, -0.05) is 6.92 Å². The van der Waals surface area contributed by atoms with Gasteiger partial charge in [-0.05, 0) is 42.2 Å². The molecule has 4 rings (SSSR count). The largest absolute Gasteiger partial charge is 0.474 e. The predicted molar refractivity (Wildman–Crippen MR) is 140 cm³/mol. The van der Waals surface area contributed by atoms with Crippen molar-refractivity contribution >= 4 is 30.0 Å². The summed E-state index contributed by atoms with van der Waals surface area (Å²) in [6.45, 7) is 4.30. The molecule has 1 aromatic carbocycles. The van der Waals surface area contributed by atoms with Gasteiger partial charge in [0.2, 0.25) is 5.88 Å². The molecule has 1 amide bonds. The highest BCUT2D eigenvalue weighted by molar-refractivity contribution is 5.95. The van der Waals surface area contributed by atoms with Crippen molar-refractivity contribution in [3.63, 3.8) is 0 Å². The molecule has 2 aromatic rings. The van der Waals surface area contributed by atoms with Crippen molar-refractivity contribution in [2.24, 2.45) is 9.98 Å². The van der Waals surface area contributed by atoms with Gasteiger partial charge in [-0.2, -0.15) is 0 Å². The van der Waals surface area contributed by atoms with Crippen LogP contribution in [0.2, 0.25) is 0 Å². The van der Waals surface area contributed by atoms with Gasteiger partial charge < -0.3 is 25.4 Å². The molecular weight excluding hydrogens is 458 g/mol. The van der Waals surface area contributed by atoms with Crippen LogP contribution in [-0.2, 0) is 6.42 Å². The lowest BCUT2D eigenvalue weighted by Gasteiger charge is -2.21. The number of carbonyl (C=O) groups is 1. The number of aromatic nitrogens is 2. The van der Waals surface area contributed by atoms with E-state index < -0.39 is 0 Å². The first-order chi connectivity index (χ1) is 17.7. The lowest BCUT2D eigenvalue weighted by atomic mass is 10.1. The van der Waals surface area contributed by atoms with Gasteiger partial charge in [0, 0.05) is 68.8 Å². The Hall–Kier alpha value is -3.79. The molecule has 0 radical (unpaired) electrons. The average Bonchev–Trinajstić information content (AvgIpc) is 3.32. The number of rotatable bonds is 7. The van der Waals surface area contributed by atoms with Crippen LogP contribution in [0.3, 0.4) is 0 Å². The molecule has 36 heavy (non-hydrogen) atoms. The van der Waals surface area contributed by atoms with E-state index in [0.717, 1.165) is 54.9 Å². The van der Waals surface area contributed by atoms with Crippen LogP contribution in [0.1, 0.15) is 42.1 Å². The highest BCUT2D eigenvalue weighted by Crippen LogP contribution is 2.35. The zero-order valence-electron chi connectivity index (χ0n) is 20.6. The van der Waals surface area contributed by atoms with Gasteiger partial charge in [-0.15, -0.1) is 0 Å². The van der Waals surface area contributed by atoms with Crippen LogP contribution in [-0.4, -0.2) is 72.4 Å². The van der Waals surface area contributed by atoms with Gasteiger partial charge in [-0.3, -0.25) is 14.8 Å². The van der Waals surface area contributed by atoms with Gasteiger partial charge in [0.15, 0.2) is 0 Å². The summed E-state index contributed by atoms with van der Waals surface area (Å²) in [6, 6.07) is 7.50. The maximum absolute atomic E-state index is 12.2. The average molecular weight is 492 g/mol. The molecule has 0 saturated heterocycles. The number of carbonyl (C=O) groups excluding carboxylic acids is 1. The minimum Gasteiger partial charge on any atom is -0.474 e. The van der Waals surface area contributed by atoms with Gasteiger partial charge in [0.25, 0.3) is 5.91 Å². The molecule has 0 bridgehead atoms. The maximum Gasteiger partial charge on any atom is 0.251 e. The minimum absolute atomic E-state index is 0.0682. The van der Waals surface area contributed by atoms with Crippen molar-refractivity contribution in [2.75, 3.05) is 37.7 Å². The number of aliphatic hydroxyl groups excluding tert-OH is 1. The number of allylic oxidation sites excluding steroid dienone is 1. The third-order valence-corrected chi connectivity index (χ3v) is 6.09. The molecule has 1 atom stereocenters. The van der Waals surface area contributed by atoms with E-state index in [1.54, 1.807) is 12.4 Å². The summed E-state index contributed by atoms with van der Waals surface area (Å²) in [7, 11) is 0. The summed E-state index contributed by atoms with van der Waals surface area (Å²) in [5.41, 5.74) is 3.79. The normalized spacial score (nSPS) is 19.3. The van der Waals surface area contributed by atoms with Crippen LogP contribution in [0.4, 0.5) is 11.5 Å². The van der Waals surface area contributed by atoms with E-state index in [1.807, 2.05) is 30.6 Å². The molecule has 0 fully saturated rings. The van der Waals surface area contributed by atoms with E-state index in [0.29, 0.717) is 24.5 Å². The monoisotopic (exact) mass is 491 g/mol. The van der Waals surface area contributed by atoms with Gasteiger partial charge in [-0.25, -0.2) is 9.97 Å². The second-order valence-corrected chi connectivity index (χ2v) is 8.57. The Balaban J connectivity index is 1.44. The molecule has 2 aliphatic heterocycles. The zero-order chi connectivity index (χ0) is 25.2. The first-order valence-electron chi connectivity index (χ1n) is 12.4. The van der Waals surface area contributed by atoms with E-state index >= 15 is 0 Å². The van der Waals surface area contributed by atoms with Gasteiger partial charge >= 0.3 is 0 Å². The molecule has 2 aliphatic rings. The Morgan fingerprint density at radius 2 is 2.08 bits per heavy atom.